The van der Waals surface area contributed by atoms with Crippen LogP contribution in [0.2, 0.25) is 0 Å². The Morgan fingerprint density at radius 1 is 1.50 bits per heavy atom. The minimum atomic E-state index is -0.283. The van der Waals surface area contributed by atoms with Crippen molar-refractivity contribution in [1.82, 2.24) is 5.32 Å². The van der Waals surface area contributed by atoms with E-state index in [2.05, 4.69) is 40.4 Å². The Hall–Kier alpha value is -1.07. The van der Waals surface area contributed by atoms with Gasteiger partial charge in [-0.05, 0) is 41.4 Å². The Kier molecular flexibility index (Phi) is 5.05. The van der Waals surface area contributed by atoms with Crippen LogP contribution in [0.3, 0.4) is 0 Å². The molecule has 0 saturated heterocycles. The summed E-state index contributed by atoms with van der Waals surface area (Å²) in [4.78, 5) is 11.8. The Labute approximate surface area is 128 Å². The predicted molar refractivity (Wildman–Crippen MR) is 84.1 cm³/mol. The maximum atomic E-state index is 11.8. The summed E-state index contributed by atoms with van der Waals surface area (Å²) < 4.78 is 6.75. The first-order valence-corrected chi connectivity index (χ1v) is 7.80. The molecule has 0 spiro atoms. The Morgan fingerprint density at radius 3 is 2.90 bits per heavy atom. The third kappa shape index (κ3) is 3.15. The average molecular weight is 341 g/mol. The molecule has 2 N–H and O–H groups in total. The molecule has 1 amide bonds. The van der Waals surface area contributed by atoms with Crippen molar-refractivity contribution in [2.24, 2.45) is 5.92 Å². The van der Waals surface area contributed by atoms with E-state index in [0.29, 0.717) is 12.5 Å². The molecule has 0 fully saturated rings. The van der Waals surface area contributed by atoms with Gasteiger partial charge in [0.05, 0.1) is 11.1 Å². The predicted octanol–water partition coefficient (Wildman–Crippen LogP) is 3.48. The topological polar surface area (TPSA) is 50.4 Å². The first kappa shape index (κ1) is 15.3. The smallest absolute Gasteiger partial charge is 0.246 e. The number of nitrogens with one attached hydrogen (secondary N) is 2. The molecule has 4 nitrogen and oxygen atoms in total. The van der Waals surface area contributed by atoms with Crippen LogP contribution in [0.15, 0.2) is 16.6 Å². The van der Waals surface area contributed by atoms with Crippen molar-refractivity contribution in [3.63, 3.8) is 0 Å². The van der Waals surface area contributed by atoms with Gasteiger partial charge in [-0.25, -0.2) is 0 Å². The summed E-state index contributed by atoms with van der Waals surface area (Å²) in [6.45, 7) is 5.05. The fraction of sp³-hybridized carbons (Fsp3) is 0.533. The van der Waals surface area contributed by atoms with E-state index in [0.717, 1.165) is 34.3 Å². The minimum Gasteiger partial charge on any atom is -0.492 e. The normalized spacial score (nSPS) is 18.6. The number of anilines is 1. The first-order chi connectivity index (χ1) is 9.56. The van der Waals surface area contributed by atoms with Crippen molar-refractivity contribution in [3.05, 3.63) is 22.2 Å². The molecular weight excluding hydrogens is 320 g/mol. The largest absolute Gasteiger partial charge is 0.492 e. The van der Waals surface area contributed by atoms with Gasteiger partial charge in [-0.3, -0.25) is 4.79 Å². The van der Waals surface area contributed by atoms with E-state index < -0.39 is 0 Å². The van der Waals surface area contributed by atoms with Crippen molar-refractivity contribution in [3.8, 4) is 5.75 Å². The summed E-state index contributed by atoms with van der Waals surface area (Å²) >= 11 is 3.52. The van der Waals surface area contributed by atoms with Crippen molar-refractivity contribution in [2.45, 2.75) is 32.7 Å². The lowest BCUT2D eigenvalue weighted by molar-refractivity contribution is -0.117. The summed E-state index contributed by atoms with van der Waals surface area (Å²) in [5, 5.41) is 5.89. The highest BCUT2D eigenvalue weighted by atomic mass is 79.9. The van der Waals surface area contributed by atoms with E-state index in [1.165, 1.54) is 0 Å². The molecule has 0 bridgehead atoms. The van der Waals surface area contributed by atoms with Gasteiger partial charge < -0.3 is 15.4 Å². The molecule has 1 aromatic rings. The van der Waals surface area contributed by atoms with Crippen LogP contribution in [0, 0.1) is 5.92 Å². The molecular formula is C15H21BrN2O2. The van der Waals surface area contributed by atoms with E-state index in [9.17, 15) is 4.79 Å². The van der Waals surface area contributed by atoms with Crippen LogP contribution in [-0.2, 0) is 4.79 Å². The molecule has 2 rings (SSSR count). The van der Waals surface area contributed by atoms with Crippen LogP contribution >= 0.6 is 15.9 Å². The number of hydrogen-bond acceptors (Lipinski definition) is 3. The second-order valence-corrected chi connectivity index (χ2v) is 6.14. The number of hydrogen-bond donors (Lipinski definition) is 2. The van der Waals surface area contributed by atoms with Gasteiger partial charge in [-0.1, -0.05) is 20.3 Å². The fourth-order valence-corrected chi connectivity index (χ4v) is 2.94. The van der Waals surface area contributed by atoms with E-state index in [1.807, 2.05) is 12.1 Å². The molecule has 0 radical (unpaired) electrons. The molecule has 2 atom stereocenters. The van der Waals surface area contributed by atoms with Crippen molar-refractivity contribution in [1.29, 1.82) is 0 Å². The van der Waals surface area contributed by atoms with Crippen molar-refractivity contribution in [2.75, 3.05) is 19.0 Å². The van der Waals surface area contributed by atoms with Gasteiger partial charge >= 0.3 is 0 Å². The molecule has 2 unspecified atom stereocenters. The standard InChI is InChI=1S/C15H21BrN2O2/c1-4-5-9(2)8-20-13-7-12-10(6-11(13)16)14(17-3)15(19)18-12/h6-7,9,14,17H,4-5,8H2,1-3H3,(H,18,19). The minimum absolute atomic E-state index is 0.0223. The van der Waals surface area contributed by atoms with Gasteiger partial charge in [0.2, 0.25) is 5.91 Å². The maximum Gasteiger partial charge on any atom is 0.246 e. The molecule has 0 aliphatic carbocycles. The lowest BCUT2D eigenvalue weighted by Gasteiger charge is -2.15. The molecule has 1 aliphatic rings. The Bertz CT molecular complexity index is 505. The molecule has 20 heavy (non-hydrogen) atoms. The summed E-state index contributed by atoms with van der Waals surface area (Å²) in [6.07, 6.45) is 2.32. The quantitative estimate of drug-likeness (QED) is 0.833. The number of halogens is 1. The summed E-state index contributed by atoms with van der Waals surface area (Å²) in [7, 11) is 1.78. The molecule has 0 saturated carbocycles. The van der Waals surface area contributed by atoms with E-state index in [1.54, 1.807) is 7.05 Å². The molecule has 110 valence electrons. The highest BCUT2D eigenvalue weighted by Crippen LogP contribution is 2.38. The first-order valence-electron chi connectivity index (χ1n) is 7.01. The number of amides is 1. The number of ether oxygens (including phenoxy) is 1. The lowest BCUT2D eigenvalue weighted by atomic mass is 10.1. The third-order valence-electron chi connectivity index (χ3n) is 3.53. The van der Waals surface area contributed by atoms with Gasteiger partial charge in [-0.15, -0.1) is 0 Å². The van der Waals surface area contributed by atoms with Crippen LogP contribution in [-0.4, -0.2) is 19.6 Å². The zero-order chi connectivity index (χ0) is 14.7. The molecule has 1 heterocycles. The number of carbonyl (C=O) groups excluding carboxylic acids is 1. The van der Waals surface area contributed by atoms with E-state index >= 15 is 0 Å². The zero-order valence-electron chi connectivity index (χ0n) is 12.1. The Morgan fingerprint density at radius 2 is 2.25 bits per heavy atom. The van der Waals surface area contributed by atoms with Crippen molar-refractivity contribution >= 4 is 27.5 Å². The summed E-state index contributed by atoms with van der Waals surface area (Å²) in [6, 6.07) is 3.57. The lowest BCUT2D eigenvalue weighted by Crippen LogP contribution is -2.23. The van der Waals surface area contributed by atoms with Crippen LogP contribution in [0.25, 0.3) is 0 Å². The highest BCUT2D eigenvalue weighted by molar-refractivity contribution is 9.10. The SMILES string of the molecule is CCCC(C)COc1cc2c(cc1Br)C(NC)C(=O)N2. The van der Waals surface area contributed by atoms with Gasteiger partial charge in [-0.2, -0.15) is 0 Å². The highest BCUT2D eigenvalue weighted by Gasteiger charge is 2.30. The zero-order valence-corrected chi connectivity index (χ0v) is 13.7. The molecule has 5 heteroatoms. The molecule has 0 aromatic heterocycles. The van der Waals surface area contributed by atoms with Gasteiger partial charge in [0, 0.05) is 17.3 Å². The van der Waals surface area contributed by atoms with Crippen molar-refractivity contribution < 1.29 is 9.53 Å². The van der Waals surface area contributed by atoms with Gasteiger partial charge in [0.1, 0.15) is 11.8 Å². The number of fused-ring (bicyclic) bond motifs is 1. The average Bonchev–Trinajstić information content (AvgIpc) is 2.71. The van der Waals surface area contributed by atoms with Crippen LogP contribution < -0.4 is 15.4 Å². The van der Waals surface area contributed by atoms with E-state index in [4.69, 9.17) is 4.74 Å². The number of likely N-dealkylation sites (N-methyl/N-ethyl adjacent to an activating group) is 1. The Balaban J connectivity index is 2.14. The van der Waals surface area contributed by atoms with Crippen LogP contribution in [0.5, 0.6) is 5.75 Å². The van der Waals surface area contributed by atoms with Gasteiger partial charge in [0.15, 0.2) is 0 Å². The summed E-state index contributed by atoms with van der Waals surface area (Å²) in [5.74, 6) is 1.29. The number of carbonyl (C=O) groups is 1. The van der Waals surface area contributed by atoms with Crippen LogP contribution in [0.4, 0.5) is 5.69 Å². The van der Waals surface area contributed by atoms with E-state index in [-0.39, 0.29) is 11.9 Å². The van der Waals surface area contributed by atoms with Crippen LogP contribution in [0.1, 0.15) is 38.3 Å². The second-order valence-electron chi connectivity index (χ2n) is 5.29. The maximum absolute atomic E-state index is 11.8. The van der Waals surface area contributed by atoms with Gasteiger partial charge in [0.25, 0.3) is 0 Å². The molecule has 1 aliphatic heterocycles. The third-order valence-corrected chi connectivity index (χ3v) is 4.15. The second kappa shape index (κ2) is 6.59. The monoisotopic (exact) mass is 340 g/mol. The number of rotatable bonds is 6. The number of benzene rings is 1. The fourth-order valence-electron chi connectivity index (χ4n) is 2.47. The molecule has 1 aromatic carbocycles. The summed E-state index contributed by atoms with van der Waals surface area (Å²) in [5.41, 5.74) is 1.79.